The molecule has 8 aliphatic rings. The van der Waals surface area contributed by atoms with E-state index in [9.17, 15) is 0 Å². The van der Waals surface area contributed by atoms with Crippen molar-refractivity contribution in [3.63, 3.8) is 0 Å². The van der Waals surface area contributed by atoms with E-state index in [4.69, 9.17) is 17.0 Å². The van der Waals surface area contributed by atoms with Gasteiger partial charge in [-0.15, -0.1) is 0 Å². The molecule has 2 aromatic rings. The van der Waals surface area contributed by atoms with Crippen molar-refractivity contribution >= 4 is 17.0 Å². The Morgan fingerprint density at radius 1 is 0.422 bits per heavy atom. The Morgan fingerprint density at radius 2 is 0.781 bits per heavy atom. The molecule has 10 rings (SSSR count). The molecule has 8 saturated carbocycles. The minimum atomic E-state index is -0.826. The molecule has 0 heterocycles. The third-order valence-electron chi connectivity index (χ3n) is 20.6. The van der Waals surface area contributed by atoms with E-state index in [1.54, 1.807) is 81.8 Å². The molecule has 2 aromatic carbocycles. The van der Waals surface area contributed by atoms with E-state index in [1.165, 1.54) is 88.2 Å². The summed E-state index contributed by atoms with van der Waals surface area (Å²) in [5.41, 5.74) is 7.00. The van der Waals surface area contributed by atoms with Crippen molar-refractivity contribution in [1.29, 1.82) is 0 Å². The van der Waals surface area contributed by atoms with Crippen LogP contribution >= 0.6 is 17.0 Å². The van der Waals surface area contributed by atoms with Crippen LogP contribution in [0.4, 0.5) is 0 Å². The Kier molecular flexibility index (Phi) is 18.1. The Bertz CT molecular complexity index is 1580. The second-order valence-corrected chi connectivity index (χ2v) is 29.5. The average Bonchev–Trinajstić information content (AvgIpc) is 4.06. The van der Waals surface area contributed by atoms with Gasteiger partial charge in [-0.05, 0) is 186 Å². The van der Waals surface area contributed by atoms with Crippen molar-refractivity contribution in [3.8, 4) is 0 Å². The molecule has 356 valence electrons. The number of hydrogen-bond donors (Lipinski definition) is 0. The van der Waals surface area contributed by atoms with Gasteiger partial charge in [0.05, 0.1) is 0 Å². The first-order chi connectivity index (χ1) is 29.9. The molecule has 0 bridgehead atoms. The maximum absolute atomic E-state index is 4.93. The van der Waals surface area contributed by atoms with E-state index in [0.717, 1.165) is 94.7 Å². The van der Waals surface area contributed by atoms with Crippen molar-refractivity contribution in [2.45, 2.75) is 212 Å². The molecule has 64 heavy (non-hydrogen) atoms. The van der Waals surface area contributed by atoms with Crippen molar-refractivity contribution in [1.82, 2.24) is 0 Å². The summed E-state index contributed by atoms with van der Waals surface area (Å²) in [7, 11) is 9.87. The van der Waals surface area contributed by atoms with Gasteiger partial charge >= 0.3 is 37.9 Å². The van der Waals surface area contributed by atoms with Gasteiger partial charge in [-0.2, -0.15) is 0 Å². The summed E-state index contributed by atoms with van der Waals surface area (Å²) in [6.07, 6.45) is 35.4. The van der Waals surface area contributed by atoms with Crippen LogP contribution in [0.2, 0.25) is 0 Å². The van der Waals surface area contributed by atoms with Gasteiger partial charge in [-0.25, -0.2) is 0 Å². The van der Waals surface area contributed by atoms with Gasteiger partial charge in [-0.3, -0.25) is 0 Å². The second-order valence-electron chi connectivity index (χ2n) is 25.7. The second kappa shape index (κ2) is 22.3. The first kappa shape index (κ1) is 51.7. The summed E-state index contributed by atoms with van der Waals surface area (Å²) in [5.74, 6) is 15.3. The fourth-order valence-corrected chi connectivity index (χ4v) is 17.9. The van der Waals surface area contributed by atoms with Crippen LogP contribution in [0.1, 0.15) is 223 Å². The zero-order valence-electron chi connectivity index (χ0n) is 42.4. The molecule has 0 spiro atoms. The Balaban J connectivity index is 0.00000119. The van der Waals surface area contributed by atoms with Gasteiger partial charge in [0, 0.05) is 0 Å². The molecule has 14 atom stereocenters. The zero-order valence-corrected chi connectivity index (χ0v) is 46.3. The number of benzene rings is 2. The van der Waals surface area contributed by atoms with Gasteiger partial charge in [0.1, 0.15) is 0 Å². The van der Waals surface area contributed by atoms with E-state index in [-0.39, 0.29) is 25.7 Å². The van der Waals surface area contributed by atoms with Crippen LogP contribution in [-0.4, -0.2) is 0 Å². The van der Waals surface area contributed by atoms with Gasteiger partial charge < -0.3 is 14.9 Å². The quantitative estimate of drug-likeness (QED) is 0.231. The van der Waals surface area contributed by atoms with Gasteiger partial charge in [0.25, 0.3) is 0 Å². The van der Waals surface area contributed by atoms with Gasteiger partial charge in [-0.1, -0.05) is 180 Å². The van der Waals surface area contributed by atoms with Crippen LogP contribution in [0.5, 0.6) is 0 Å². The fourth-order valence-electron chi connectivity index (χ4n) is 17.9. The topological polar surface area (TPSA) is 0 Å². The van der Waals surface area contributed by atoms with Crippen LogP contribution < -0.4 is 0 Å². The molecule has 0 amide bonds. The third kappa shape index (κ3) is 11.1. The summed E-state index contributed by atoms with van der Waals surface area (Å²) in [5, 5.41) is 0. The Morgan fingerprint density at radius 3 is 1.12 bits per heavy atom. The molecule has 0 nitrogen and oxygen atoms in total. The van der Waals surface area contributed by atoms with Crippen LogP contribution in [-0.2, 0) is 31.7 Å². The van der Waals surface area contributed by atoms with Gasteiger partial charge in [0.2, 0.25) is 0 Å². The van der Waals surface area contributed by atoms with E-state index < -0.39 is 20.8 Å². The van der Waals surface area contributed by atoms with Crippen LogP contribution in [0.3, 0.4) is 0 Å². The van der Waals surface area contributed by atoms with Crippen LogP contribution in [0.15, 0.2) is 48.5 Å². The van der Waals surface area contributed by atoms with Crippen molar-refractivity contribution in [2.75, 3.05) is 0 Å². The van der Waals surface area contributed by atoms with E-state index in [2.05, 4.69) is 90.1 Å². The van der Waals surface area contributed by atoms with Gasteiger partial charge in [0.15, 0.2) is 0 Å². The molecule has 0 saturated heterocycles. The number of hydrogen-bond acceptors (Lipinski definition) is 0. The molecule has 0 radical (unpaired) electrons. The Hall–Kier alpha value is -0.0969. The molecule has 0 N–H and O–H groups in total. The van der Waals surface area contributed by atoms with Crippen molar-refractivity contribution < 1.29 is 20.8 Å². The van der Waals surface area contributed by atoms with E-state index >= 15 is 0 Å². The summed E-state index contributed by atoms with van der Waals surface area (Å²) in [4.78, 5) is 0. The average molecular weight is 990 g/mol. The molecular weight excluding hydrogens is 895 g/mol. The third-order valence-corrected chi connectivity index (χ3v) is 20.6. The first-order valence-electron chi connectivity index (χ1n) is 27.1. The normalized spacial score (nSPS) is 37.4. The number of fused-ring (bicyclic) bond motifs is 4. The molecular formula is C61H94Cl2Zr. The van der Waals surface area contributed by atoms with Crippen molar-refractivity contribution in [3.05, 3.63) is 85.6 Å². The number of halogens is 2. The monoisotopic (exact) mass is 987 g/mol. The predicted molar refractivity (Wildman–Crippen MR) is 275 cm³/mol. The molecule has 3 heteroatoms. The van der Waals surface area contributed by atoms with Crippen molar-refractivity contribution in [2.24, 2.45) is 82.9 Å². The summed E-state index contributed by atoms with van der Waals surface area (Å²) >= 11 is -0.826. The van der Waals surface area contributed by atoms with Crippen LogP contribution in [0, 0.1) is 97.7 Å². The molecule has 8 fully saturated rings. The summed E-state index contributed by atoms with van der Waals surface area (Å²) < 4.78 is 0. The molecule has 0 aliphatic heterocycles. The SMILES string of the molecule is CC(C)(C)c1ccc(C2C3CCCC3CC3C(CC4C(CC5CCCCC5)CC5C4CC4CCCC4C5c4ccc(C(C)(C)C)cc4)C(CC4CCCCC4)CC32)cc1.[CH3-].[CH3-].[Cl][Zr+2][Cl]. The summed E-state index contributed by atoms with van der Waals surface area (Å²) in [6, 6.07) is 20.8. The number of rotatable bonds is 8. The van der Waals surface area contributed by atoms with Crippen LogP contribution in [0.25, 0.3) is 0 Å². The summed E-state index contributed by atoms with van der Waals surface area (Å²) in [6.45, 7) is 14.4. The minimum absolute atomic E-state index is 0. The van der Waals surface area contributed by atoms with E-state index in [1.807, 2.05) is 0 Å². The Labute approximate surface area is 415 Å². The molecule has 8 aliphatic carbocycles. The standard InChI is InChI=1S/C59H88.2CH3.2ClH.Zr/c1-58(2,3)46-27-23-40(24-28-46)56-48-21-13-19-42(48)33-52-50(44(35-54(52)56)31-38-15-9-7-10-16-38)37-51-45(32-39-17-11-8-12-18-39)36-55-53(51)34-43-20-14-22-49(43)57(55)41-25-29-47(30-26-41)59(4,5)6;;;;;/h23-30,38-39,42-45,48-57H,7-22,31-37H2,1-6H3;2*1H3;2*1H;/q;2*-1;;;+4/p-2. The maximum atomic E-state index is 4.93. The molecule has 14 unspecified atom stereocenters. The molecule has 0 aromatic heterocycles. The fraction of sp³-hybridized carbons (Fsp3) is 0.770. The first-order valence-corrected chi connectivity index (χ1v) is 33.4. The zero-order chi connectivity index (χ0) is 43.2. The van der Waals surface area contributed by atoms with E-state index in [0.29, 0.717) is 0 Å². The predicted octanol–water partition coefficient (Wildman–Crippen LogP) is 19.1.